The van der Waals surface area contributed by atoms with Gasteiger partial charge < -0.3 is 9.84 Å². The molecule has 0 saturated carbocycles. The van der Waals surface area contributed by atoms with E-state index in [-0.39, 0.29) is 11.7 Å². The second kappa shape index (κ2) is 5.29. The third kappa shape index (κ3) is 3.17. The van der Waals surface area contributed by atoms with Crippen LogP contribution in [0.15, 0.2) is 18.2 Å². The Balaban J connectivity index is 3.10. The van der Waals surface area contributed by atoms with Crippen molar-refractivity contribution in [3.8, 4) is 5.75 Å². The summed E-state index contributed by atoms with van der Waals surface area (Å²) in [5.41, 5.74) is -0.801. The van der Waals surface area contributed by atoms with Crippen molar-refractivity contribution in [2.75, 3.05) is 0 Å². The zero-order valence-electron chi connectivity index (χ0n) is 9.54. The predicted molar refractivity (Wildman–Crippen MR) is 60.4 cm³/mol. The number of ether oxygens (including phenoxy) is 1. The van der Waals surface area contributed by atoms with Crippen LogP contribution in [0.2, 0.25) is 0 Å². The van der Waals surface area contributed by atoms with E-state index in [0.717, 1.165) is 12.5 Å². The Morgan fingerprint density at radius 3 is 2.71 bits per heavy atom. The highest BCUT2D eigenvalue weighted by Crippen LogP contribution is 2.25. The number of aromatic carboxylic acids is 1. The fraction of sp³-hybridized carbons (Fsp3) is 0.364. The van der Waals surface area contributed by atoms with Crippen LogP contribution in [-0.2, 0) is 0 Å². The van der Waals surface area contributed by atoms with E-state index in [9.17, 15) is 14.9 Å². The molecule has 0 aliphatic heterocycles. The number of hydrogen-bond donors (Lipinski definition) is 1. The molecule has 17 heavy (non-hydrogen) atoms. The number of hydrogen-bond acceptors (Lipinski definition) is 4. The first-order valence-electron chi connectivity index (χ1n) is 5.14. The lowest BCUT2D eigenvalue weighted by atomic mass is 10.1. The van der Waals surface area contributed by atoms with Gasteiger partial charge in [0.25, 0.3) is 5.69 Å². The molecule has 92 valence electrons. The summed E-state index contributed by atoms with van der Waals surface area (Å²) >= 11 is 0. The standard InChI is InChI=1S/C11H13NO5/c1-3-7(2)17-8-4-5-10(12(15)16)9(6-8)11(13)14/h4-7H,3H2,1-2H3,(H,13,14). The first-order valence-corrected chi connectivity index (χ1v) is 5.14. The second-order valence-corrected chi connectivity index (χ2v) is 3.58. The first kappa shape index (κ1) is 13.0. The summed E-state index contributed by atoms with van der Waals surface area (Å²) in [6.07, 6.45) is 0.692. The molecule has 1 unspecified atom stereocenters. The van der Waals surface area contributed by atoms with Crippen LogP contribution in [0.25, 0.3) is 0 Å². The van der Waals surface area contributed by atoms with E-state index in [0.29, 0.717) is 5.75 Å². The topological polar surface area (TPSA) is 89.7 Å². The van der Waals surface area contributed by atoms with Crippen LogP contribution >= 0.6 is 0 Å². The van der Waals surface area contributed by atoms with Crippen LogP contribution < -0.4 is 4.74 Å². The van der Waals surface area contributed by atoms with E-state index in [2.05, 4.69) is 0 Å². The Kier molecular flexibility index (Phi) is 4.03. The Hall–Kier alpha value is -2.11. The molecule has 0 saturated heterocycles. The second-order valence-electron chi connectivity index (χ2n) is 3.58. The van der Waals surface area contributed by atoms with Crippen LogP contribution in [0.1, 0.15) is 30.6 Å². The minimum atomic E-state index is -1.34. The van der Waals surface area contributed by atoms with Crippen molar-refractivity contribution in [3.63, 3.8) is 0 Å². The number of carbonyl (C=O) groups is 1. The molecule has 6 heteroatoms. The summed E-state index contributed by atoms with van der Waals surface area (Å²) in [6.45, 7) is 3.76. The lowest BCUT2D eigenvalue weighted by molar-refractivity contribution is -0.385. The van der Waals surface area contributed by atoms with Crippen molar-refractivity contribution in [2.24, 2.45) is 0 Å². The number of carboxylic acids is 1. The molecule has 1 aromatic carbocycles. The lowest BCUT2D eigenvalue weighted by Crippen LogP contribution is -2.11. The third-order valence-corrected chi connectivity index (χ3v) is 2.31. The average molecular weight is 239 g/mol. The smallest absolute Gasteiger partial charge is 0.342 e. The van der Waals surface area contributed by atoms with Gasteiger partial charge in [-0.1, -0.05) is 6.92 Å². The summed E-state index contributed by atoms with van der Waals surface area (Å²) in [6, 6.07) is 3.71. The largest absolute Gasteiger partial charge is 0.491 e. The molecule has 0 fully saturated rings. The molecule has 0 aromatic heterocycles. The van der Waals surface area contributed by atoms with Crippen molar-refractivity contribution in [2.45, 2.75) is 26.4 Å². The molecule has 0 spiro atoms. The van der Waals surface area contributed by atoms with Gasteiger partial charge in [-0.2, -0.15) is 0 Å². The maximum absolute atomic E-state index is 10.9. The number of benzene rings is 1. The SMILES string of the molecule is CCC(C)Oc1ccc([N+](=O)[O-])c(C(=O)O)c1. The van der Waals surface area contributed by atoms with Gasteiger partial charge in [-0.3, -0.25) is 10.1 Å². The molecule has 1 rings (SSSR count). The number of nitro benzene ring substituents is 1. The van der Waals surface area contributed by atoms with Gasteiger partial charge in [0, 0.05) is 12.1 Å². The molecule has 0 aliphatic carbocycles. The van der Waals surface area contributed by atoms with Crippen LogP contribution in [0.3, 0.4) is 0 Å². The maximum atomic E-state index is 10.9. The van der Waals surface area contributed by atoms with Gasteiger partial charge in [0.05, 0.1) is 11.0 Å². The average Bonchev–Trinajstić information content (AvgIpc) is 2.28. The number of nitrogens with zero attached hydrogens (tertiary/aromatic N) is 1. The summed E-state index contributed by atoms with van der Waals surface area (Å²) in [4.78, 5) is 20.8. The highest BCUT2D eigenvalue weighted by Gasteiger charge is 2.20. The van der Waals surface area contributed by atoms with Crippen LogP contribution in [0.5, 0.6) is 5.75 Å². The van der Waals surface area contributed by atoms with Crippen LogP contribution in [-0.4, -0.2) is 22.1 Å². The molecule has 6 nitrogen and oxygen atoms in total. The van der Waals surface area contributed by atoms with E-state index < -0.39 is 16.6 Å². The third-order valence-electron chi connectivity index (χ3n) is 2.31. The fourth-order valence-corrected chi connectivity index (χ4v) is 1.23. The van der Waals surface area contributed by atoms with Gasteiger partial charge in [0.1, 0.15) is 11.3 Å². The van der Waals surface area contributed by atoms with Gasteiger partial charge in [0.15, 0.2) is 0 Å². The van der Waals surface area contributed by atoms with E-state index in [1.165, 1.54) is 12.1 Å². The van der Waals surface area contributed by atoms with E-state index in [1.807, 2.05) is 13.8 Å². The lowest BCUT2D eigenvalue weighted by Gasteiger charge is -2.12. The minimum Gasteiger partial charge on any atom is -0.491 e. The van der Waals surface area contributed by atoms with Crippen molar-refractivity contribution in [1.29, 1.82) is 0 Å². The Morgan fingerprint density at radius 2 is 2.24 bits per heavy atom. The molecule has 0 radical (unpaired) electrons. The van der Waals surface area contributed by atoms with Crippen LogP contribution in [0.4, 0.5) is 5.69 Å². The zero-order valence-corrected chi connectivity index (χ0v) is 9.54. The molecule has 0 amide bonds. The van der Waals surface area contributed by atoms with Crippen molar-refractivity contribution in [1.82, 2.24) is 0 Å². The highest BCUT2D eigenvalue weighted by molar-refractivity contribution is 5.92. The molecule has 0 heterocycles. The summed E-state index contributed by atoms with van der Waals surface area (Å²) < 4.78 is 5.40. The zero-order chi connectivity index (χ0) is 13.0. The van der Waals surface area contributed by atoms with Gasteiger partial charge >= 0.3 is 5.97 Å². The van der Waals surface area contributed by atoms with E-state index in [1.54, 1.807) is 0 Å². The molecular formula is C11H13NO5. The summed E-state index contributed by atoms with van der Waals surface area (Å²) in [7, 11) is 0. The maximum Gasteiger partial charge on any atom is 0.342 e. The molecule has 0 bridgehead atoms. The number of carboxylic acid groups (broad SMARTS) is 1. The van der Waals surface area contributed by atoms with Gasteiger partial charge in [0.2, 0.25) is 0 Å². The first-order chi connectivity index (χ1) is 7.95. The van der Waals surface area contributed by atoms with Crippen molar-refractivity contribution < 1.29 is 19.6 Å². The van der Waals surface area contributed by atoms with Crippen molar-refractivity contribution in [3.05, 3.63) is 33.9 Å². The fourth-order valence-electron chi connectivity index (χ4n) is 1.23. The normalized spacial score (nSPS) is 11.9. The quantitative estimate of drug-likeness (QED) is 0.629. The predicted octanol–water partition coefficient (Wildman–Crippen LogP) is 2.47. The molecule has 0 aliphatic rings. The van der Waals surface area contributed by atoms with Gasteiger partial charge in [-0.25, -0.2) is 4.79 Å². The Morgan fingerprint density at radius 1 is 1.59 bits per heavy atom. The minimum absolute atomic E-state index is 0.0712. The van der Waals surface area contributed by atoms with Gasteiger partial charge in [-0.15, -0.1) is 0 Å². The summed E-state index contributed by atoms with van der Waals surface area (Å²) in [5, 5.41) is 19.5. The molecule has 1 atom stereocenters. The summed E-state index contributed by atoms with van der Waals surface area (Å²) in [5.74, 6) is -1.02. The Bertz CT molecular complexity index is 443. The van der Waals surface area contributed by atoms with E-state index >= 15 is 0 Å². The number of nitro groups is 1. The molecular weight excluding hydrogens is 226 g/mol. The Labute approximate surface area is 98.0 Å². The van der Waals surface area contributed by atoms with Crippen molar-refractivity contribution >= 4 is 11.7 Å². The monoisotopic (exact) mass is 239 g/mol. The number of rotatable bonds is 5. The molecule has 1 aromatic rings. The van der Waals surface area contributed by atoms with Crippen LogP contribution in [0, 0.1) is 10.1 Å². The highest BCUT2D eigenvalue weighted by atomic mass is 16.6. The van der Waals surface area contributed by atoms with E-state index in [4.69, 9.17) is 9.84 Å². The van der Waals surface area contributed by atoms with Gasteiger partial charge in [-0.05, 0) is 19.4 Å². The molecule has 1 N–H and O–H groups in total.